The Morgan fingerprint density at radius 2 is 1.81 bits per heavy atom. The highest BCUT2D eigenvalue weighted by molar-refractivity contribution is 14.0. The number of rotatable bonds is 8. The molecule has 8 heteroatoms. The molecule has 2 N–H and O–H groups in total. The van der Waals surface area contributed by atoms with Crippen molar-refractivity contribution >= 4 is 45.9 Å². The molecule has 1 saturated heterocycles. The van der Waals surface area contributed by atoms with Crippen LogP contribution in [0, 0.1) is 5.82 Å². The average Bonchev–Trinajstić information content (AvgIpc) is 2.65. The van der Waals surface area contributed by atoms with E-state index in [9.17, 15) is 4.39 Å². The molecule has 1 aliphatic rings. The molecular weight excluding hydrogens is 524 g/mol. The number of aliphatic imine (C=N–C) groups is 1. The van der Waals surface area contributed by atoms with Gasteiger partial charge in [0.05, 0.1) is 0 Å². The molecule has 0 aliphatic carbocycles. The molecule has 1 aromatic carbocycles. The number of piperazine rings is 1. The second-order valence-electron chi connectivity index (χ2n) is 6.54. The molecule has 2 rings (SSSR count). The van der Waals surface area contributed by atoms with E-state index < -0.39 is 0 Å². The summed E-state index contributed by atoms with van der Waals surface area (Å²) in [6.45, 7) is 10.7. The number of halogens is 3. The minimum Gasteiger partial charge on any atom is -0.356 e. The van der Waals surface area contributed by atoms with E-state index in [2.05, 4.69) is 48.3 Å². The van der Waals surface area contributed by atoms with Gasteiger partial charge in [-0.25, -0.2) is 4.39 Å². The van der Waals surface area contributed by atoms with Gasteiger partial charge in [-0.3, -0.25) is 9.89 Å². The van der Waals surface area contributed by atoms with E-state index in [4.69, 9.17) is 0 Å². The number of guanidine groups is 1. The molecule has 27 heavy (non-hydrogen) atoms. The van der Waals surface area contributed by atoms with Gasteiger partial charge in [-0.2, -0.15) is 0 Å². The van der Waals surface area contributed by atoms with Crippen LogP contribution in [0.1, 0.15) is 18.9 Å². The van der Waals surface area contributed by atoms with Gasteiger partial charge in [-0.1, -0.05) is 28.9 Å². The molecule has 5 nitrogen and oxygen atoms in total. The molecule has 1 aliphatic heterocycles. The molecule has 1 fully saturated rings. The quantitative estimate of drug-likeness (QED) is 0.224. The fraction of sp³-hybridized carbons (Fsp3) is 0.632. The van der Waals surface area contributed by atoms with E-state index in [-0.39, 0.29) is 29.8 Å². The van der Waals surface area contributed by atoms with Crippen molar-refractivity contribution in [3.63, 3.8) is 0 Å². The summed E-state index contributed by atoms with van der Waals surface area (Å²) >= 11 is 3.28. The Kier molecular flexibility index (Phi) is 12.5. The Morgan fingerprint density at radius 3 is 2.44 bits per heavy atom. The lowest BCUT2D eigenvalue weighted by molar-refractivity contribution is 0.139. The smallest absolute Gasteiger partial charge is 0.191 e. The third kappa shape index (κ3) is 9.06. The van der Waals surface area contributed by atoms with Crippen LogP contribution < -0.4 is 10.6 Å². The number of nitrogens with one attached hydrogen (secondary N) is 2. The maximum atomic E-state index is 13.8. The highest BCUT2D eigenvalue weighted by Gasteiger charge is 2.14. The van der Waals surface area contributed by atoms with Crippen LogP contribution in [0.15, 0.2) is 27.7 Å². The average molecular weight is 556 g/mol. The SMILES string of the molecule is CCN1CCN(CCNC(=NC)NCCCc2ccc(Br)cc2F)CC1.I. The van der Waals surface area contributed by atoms with Gasteiger partial charge in [-0.15, -0.1) is 24.0 Å². The summed E-state index contributed by atoms with van der Waals surface area (Å²) in [5, 5.41) is 6.67. The molecule has 0 unspecified atom stereocenters. The van der Waals surface area contributed by atoms with E-state index in [0.29, 0.717) is 6.42 Å². The van der Waals surface area contributed by atoms with Crippen molar-refractivity contribution in [2.75, 3.05) is 59.4 Å². The highest BCUT2D eigenvalue weighted by atomic mass is 127. The second kappa shape index (κ2) is 13.7. The number of nitrogens with zero attached hydrogens (tertiary/aromatic N) is 3. The lowest BCUT2D eigenvalue weighted by Gasteiger charge is -2.34. The number of likely N-dealkylation sites (N-methyl/N-ethyl adjacent to an activating group) is 1. The van der Waals surface area contributed by atoms with Crippen LogP contribution in [0.3, 0.4) is 0 Å². The minimum atomic E-state index is -0.148. The monoisotopic (exact) mass is 555 g/mol. The molecule has 1 heterocycles. The van der Waals surface area contributed by atoms with Crippen LogP contribution >= 0.6 is 39.9 Å². The molecule has 0 aromatic heterocycles. The predicted octanol–water partition coefficient (Wildman–Crippen LogP) is 2.94. The van der Waals surface area contributed by atoms with Crippen molar-refractivity contribution in [1.82, 2.24) is 20.4 Å². The van der Waals surface area contributed by atoms with Gasteiger partial charge >= 0.3 is 0 Å². The zero-order valence-corrected chi connectivity index (χ0v) is 20.2. The molecule has 0 amide bonds. The fourth-order valence-corrected chi connectivity index (χ4v) is 3.43. The van der Waals surface area contributed by atoms with Crippen LogP contribution in [0.2, 0.25) is 0 Å². The maximum Gasteiger partial charge on any atom is 0.191 e. The molecule has 154 valence electrons. The minimum absolute atomic E-state index is 0. The first kappa shape index (κ1) is 24.6. The van der Waals surface area contributed by atoms with Crippen LogP contribution in [0.4, 0.5) is 4.39 Å². The lowest BCUT2D eigenvalue weighted by atomic mass is 10.1. The number of hydrogen-bond donors (Lipinski definition) is 2. The van der Waals surface area contributed by atoms with Crippen LogP contribution in [-0.4, -0.2) is 75.2 Å². The maximum absolute atomic E-state index is 13.8. The van der Waals surface area contributed by atoms with Crippen molar-refractivity contribution in [3.8, 4) is 0 Å². The Morgan fingerprint density at radius 1 is 1.15 bits per heavy atom. The Hall–Kier alpha value is -0.450. The largest absolute Gasteiger partial charge is 0.356 e. The number of hydrogen-bond acceptors (Lipinski definition) is 3. The molecule has 0 radical (unpaired) electrons. The Bertz CT molecular complexity index is 579. The van der Waals surface area contributed by atoms with Gasteiger partial charge in [0.25, 0.3) is 0 Å². The first-order valence-electron chi connectivity index (χ1n) is 9.45. The summed E-state index contributed by atoms with van der Waals surface area (Å²) in [5.41, 5.74) is 0.754. The highest BCUT2D eigenvalue weighted by Crippen LogP contribution is 2.16. The van der Waals surface area contributed by atoms with Crippen LogP contribution in [-0.2, 0) is 6.42 Å². The standard InChI is InChI=1S/C19H31BrFN5.HI/c1-3-25-11-13-26(14-12-25)10-9-24-19(22-2)23-8-4-5-16-6-7-17(20)15-18(16)21;/h6-7,15H,3-5,8-14H2,1-2H3,(H2,22,23,24);1H. The predicted molar refractivity (Wildman–Crippen MR) is 126 cm³/mol. The van der Waals surface area contributed by atoms with Gasteiger partial charge in [0.15, 0.2) is 5.96 Å². The third-order valence-corrected chi connectivity index (χ3v) is 5.28. The molecule has 0 bridgehead atoms. The normalized spacial score (nSPS) is 16.1. The molecule has 0 saturated carbocycles. The summed E-state index contributed by atoms with van der Waals surface area (Å²) in [7, 11) is 1.78. The summed E-state index contributed by atoms with van der Waals surface area (Å²) in [4.78, 5) is 9.23. The zero-order chi connectivity index (χ0) is 18.8. The van der Waals surface area contributed by atoms with E-state index in [1.54, 1.807) is 7.05 Å². The summed E-state index contributed by atoms with van der Waals surface area (Å²) in [5.74, 6) is 0.665. The summed E-state index contributed by atoms with van der Waals surface area (Å²) in [6.07, 6.45) is 1.57. The topological polar surface area (TPSA) is 42.9 Å². The van der Waals surface area contributed by atoms with E-state index >= 15 is 0 Å². The lowest BCUT2D eigenvalue weighted by Crippen LogP contribution is -2.49. The van der Waals surface area contributed by atoms with Crippen molar-refractivity contribution in [3.05, 3.63) is 34.1 Å². The van der Waals surface area contributed by atoms with Crippen molar-refractivity contribution in [2.24, 2.45) is 4.99 Å². The molecule has 1 aromatic rings. The summed E-state index contributed by atoms with van der Waals surface area (Å²) in [6, 6.07) is 5.24. The number of benzene rings is 1. The van der Waals surface area contributed by atoms with Crippen molar-refractivity contribution < 1.29 is 4.39 Å². The van der Waals surface area contributed by atoms with Crippen molar-refractivity contribution in [2.45, 2.75) is 19.8 Å². The Balaban J connectivity index is 0.00000364. The van der Waals surface area contributed by atoms with Gasteiger partial charge in [-0.05, 0) is 37.1 Å². The first-order valence-corrected chi connectivity index (χ1v) is 10.2. The Labute approximate surface area is 188 Å². The molecular formula is C19H32BrFIN5. The van der Waals surface area contributed by atoms with Gasteiger partial charge < -0.3 is 15.5 Å². The van der Waals surface area contributed by atoms with E-state index in [1.165, 1.54) is 6.07 Å². The van der Waals surface area contributed by atoms with Crippen LogP contribution in [0.5, 0.6) is 0 Å². The molecule has 0 spiro atoms. The number of aryl methyl sites for hydroxylation is 1. The fourth-order valence-electron chi connectivity index (χ4n) is 3.09. The summed E-state index contributed by atoms with van der Waals surface area (Å²) < 4.78 is 14.6. The van der Waals surface area contributed by atoms with Gasteiger partial charge in [0, 0.05) is 57.3 Å². The third-order valence-electron chi connectivity index (χ3n) is 4.79. The van der Waals surface area contributed by atoms with Crippen LogP contribution in [0.25, 0.3) is 0 Å². The van der Waals surface area contributed by atoms with Gasteiger partial charge in [0.2, 0.25) is 0 Å². The molecule has 0 atom stereocenters. The second-order valence-corrected chi connectivity index (χ2v) is 7.46. The van der Waals surface area contributed by atoms with E-state index in [1.807, 2.05) is 12.1 Å². The van der Waals surface area contributed by atoms with Gasteiger partial charge in [0.1, 0.15) is 5.82 Å². The zero-order valence-electron chi connectivity index (χ0n) is 16.3. The van der Waals surface area contributed by atoms with Crippen molar-refractivity contribution in [1.29, 1.82) is 0 Å². The first-order chi connectivity index (χ1) is 12.6. The van der Waals surface area contributed by atoms with E-state index in [0.717, 1.165) is 74.8 Å².